The summed E-state index contributed by atoms with van der Waals surface area (Å²) in [5.74, 6) is 1.42. The summed E-state index contributed by atoms with van der Waals surface area (Å²) in [6.07, 6.45) is 0. The second-order valence-corrected chi connectivity index (χ2v) is 4.13. The Labute approximate surface area is 107 Å². The lowest BCUT2D eigenvalue weighted by Crippen LogP contribution is -2.44. The molecule has 5 nitrogen and oxygen atoms in total. The number of rotatable bonds is 3. The van der Waals surface area contributed by atoms with Gasteiger partial charge < -0.3 is 20.1 Å². The predicted molar refractivity (Wildman–Crippen MR) is 70.7 cm³/mol. The SMILES string of the molecule is COc1cccc(CN=C(N)N2CCOCC2)c1. The normalized spacial score (nSPS) is 16.7. The Kier molecular flexibility index (Phi) is 4.41. The first-order valence-electron chi connectivity index (χ1n) is 6.05. The minimum atomic E-state index is 0.570. The second-order valence-electron chi connectivity index (χ2n) is 4.13. The highest BCUT2D eigenvalue weighted by Gasteiger charge is 2.11. The zero-order chi connectivity index (χ0) is 12.8. The molecule has 0 bridgehead atoms. The maximum absolute atomic E-state index is 5.96. The van der Waals surface area contributed by atoms with E-state index in [-0.39, 0.29) is 0 Å². The molecular weight excluding hydrogens is 230 g/mol. The van der Waals surface area contributed by atoms with Crippen molar-refractivity contribution in [3.63, 3.8) is 0 Å². The van der Waals surface area contributed by atoms with Gasteiger partial charge in [0.2, 0.25) is 0 Å². The first kappa shape index (κ1) is 12.7. The van der Waals surface area contributed by atoms with Gasteiger partial charge in [0.15, 0.2) is 5.96 Å². The zero-order valence-corrected chi connectivity index (χ0v) is 10.6. The van der Waals surface area contributed by atoms with Crippen LogP contribution in [0.2, 0.25) is 0 Å². The van der Waals surface area contributed by atoms with E-state index in [1.807, 2.05) is 29.2 Å². The van der Waals surface area contributed by atoms with Crippen LogP contribution in [0, 0.1) is 0 Å². The van der Waals surface area contributed by atoms with Gasteiger partial charge in [0.05, 0.1) is 26.9 Å². The summed E-state index contributed by atoms with van der Waals surface area (Å²) in [5, 5.41) is 0. The van der Waals surface area contributed by atoms with Crippen LogP contribution in [0.15, 0.2) is 29.3 Å². The van der Waals surface area contributed by atoms with Crippen molar-refractivity contribution in [2.24, 2.45) is 10.7 Å². The maximum Gasteiger partial charge on any atom is 0.191 e. The Bertz CT molecular complexity index is 414. The van der Waals surface area contributed by atoms with Crippen molar-refractivity contribution in [2.75, 3.05) is 33.4 Å². The average Bonchev–Trinajstić information content (AvgIpc) is 2.46. The van der Waals surface area contributed by atoms with E-state index < -0.39 is 0 Å². The molecule has 0 saturated carbocycles. The Morgan fingerprint density at radius 3 is 2.94 bits per heavy atom. The summed E-state index contributed by atoms with van der Waals surface area (Å²) in [6, 6.07) is 7.85. The molecule has 1 aliphatic heterocycles. The topological polar surface area (TPSA) is 60.1 Å². The van der Waals surface area contributed by atoms with E-state index in [4.69, 9.17) is 15.2 Å². The Hall–Kier alpha value is -1.75. The Balaban J connectivity index is 1.95. The average molecular weight is 249 g/mol. The van der Waals surface area contributed by atoms with Crippen LogP contribution in [-0.2, 0) is 11.3 Å². The van der Waals surface area contributed by atoms with E-state index in [1.54, 1.807) is 7.11 Å². The van der Waals surface area contributed by atoms with Crippen LogP contribution in [0.5, 0.6) is 5.75 Å². The fourth-order valence-electron chi connectivity index (χ4n) is 1.84. The third kappa shape index (κ3) is 3.37. The summed E-state index contributed by atoms with van der Waals surface area (Å²) >= 11 is 0. The number of nitrogens with two attached hydrogens (primary N) is 1. The fraction of sp³-hybridized carbons (Fsp3) is 0.462. The van der Waals surface area contributed by atoms with Crippen molar-refractivity contribution < 1.29 is 9.47 Å². The van der Waals surface area contributed by atoms with Gasteiger partial charge in [0.1, 0.15) is 5.75 Å². The quantitative estimate of drug-likeness (QED) is 0.637. The van der Waals surface area contributed by atoms with Crippen LogP contribution in [0.4, 0.5) is 0 Å². The van der Waals surface area contributed by atoms with Crippen LogP contribution < -0.4 is 10.5 Å². The third-order valence-corrected chi connectivity index (χ3v) is 2.89. The van der Waals surface area contributed by atoms with Gasteiger partial charge in [-0.05, 0) is 17.7 Å². The van der Waals surface area contributed by atoms with E-state index in [1.165, 1.54) is 0 Å². The highest BCUT2D eigenvalue weighted by molar-refractivity contribution is 5.78. The molecule has 0 unspecified atom stereocenters. The largest absolute Gasteiger partial charge is 0.497 e. The zero-order valence-electron chi connectivity index (χ0n) is 10.6. The molecule has 2 N–H and O–H groups in total. The molecular formula is C13H19N3O2. The molecule has 0 radical (unpaired) electrons. The lowest BCUT2D eigenvalue weighted by Gasteiger charge is -2.27. The van der Waals surface area contributed by atoms with E-state index >= 15 is 0 Å². The Morgan fingerprint density at radius 2 is 2.22 bits per heavy atom. The fourth-order valence-corrected chi connectivity index (χ4v) is 1.84. The first-order valence-corrected chi connectivity index (χ1v) is 6.05. The third-order valence-electron chi connectivity index (χ3n) is 2.89. The van der Waals surface area contributed by atoms with Gasteiger partial charge in [-0.1, -0.05) is 12.1 Å². The number of morpholine rings is 1. The second kappa shape index (κ2) is 6.26. The lowest BCUT2D eigenvalue weighted by molar-refractivity contribution is 0.0674. The molecule has 18 heavy (non-hydrogen) atoms. The number of ether oxygens (including phenoxy) is 2. The molecule has 0 spiro atoms. The number of aliphatic imine (C=N–C) groups is 1. The number of nitrogens with zero attached hydrogens (tertiary/aromatic N) is 2. The highest BCUT2D eigenvalue weighted by atomic mass is 16.5. The number of methoxy groups -OCH3 is 1. The van der Waals surface area contributed by atoms with Gasteiger partial charge in [-0.15, -0.1) is 0 Å². The molecule has 1 saturated heterocycles. The minimum absolute atomic E-state index is 0.570. The first-order chi connectivity index (χ1) is 8.79. The number of benzene rings is 1. The Morgan fingerprint density at radius 1 is 1.44 bits per heavy atom. The summed E-state index contributed by atoms with van der Waals surface area (Å²) in [7, 11) is 1.66. The van der Waals surface area contributed by atoms with Crippen molar-refractivity contribution in [1.82, 2.24) is 4.90 Å². The molecule has 1 aromatic rings. The molecule has 0 amide bonds. The van der Waals surface area contributed by atoms with Crippen LogP contribution in [-0.4, -0.2) is 44.3 Å². The monoisotopic (exact) mass is 249 g/mol. The molecule has 1 fully saturated rings. The van der Waals surface area contributed by atoms with E-state index in [0.717, 1.165) is 37.6 Å². The molecule has 98 valence electrons. The summed E-state index contributed by atoms with van der Waals surface area (Å²) in [6.45, 7) is 3.63. The number of hydrogen-bond donors (Lipinski definition) is 1. The van der Waals surface area contributed by atoms with Crippen molar-refractivity contribution >= 4 is 5.96 Å². The highest BCUT2D eigenvalue weighted by Crippen LogP contribution is 2.13. The minimum Gasteiger partial charge on any atom is -0.497 e. The summed E-state index contributed by atoms with van der Waals surface area (Å²) in [4.78, 5) is 6.45. The van der Waals surface area contributed by atoms with Crippen molar-refractivity contribution in [3.05, 3.63) is 29.8 Å². The van der Waals surface area contributed by atoms with Gasteiger partial charge in [-0.25, -0.2) is 4.99 Å². The van der Waals surface area contributed by atoms with E-state index in [0.29, 0.717) is 12.5 Å². The molecule has 0 aliphatic carbocycles. The maximum atomic E-state index is 5.96. The standard InChI is InChI=1S/C13H19N3O2/c1-17-12-4-2-3-11(9-12)10-15-13(14)16-5-7-18-8-6-16/h2-4,9H,5-8,10H2,1H3,(H2,14,15). The van der Waals surface area contributed by atoms with Gasteiger partial charge in [-0.2, -0.15) is 0 Å². The molecule has 5 heteroatoms. The van der Waals surface area contributed by atoms with Crippen molar-refractivity contribution in [1.29, 1.82) is 0 Å². The molecule has 1 heterocycles. The van der Waals surface area contributed by atoms with E-state index in [9.17, 15) is 0 Å². The smallest absolute Gasteiger partial charge is 0.191 e. The molecule has 1 aliphatic rings. The van der Waals surface area contributed by atoms with Crippen molar-refractivity contribution in [3.8, 4) is 5.75 Å². The van der Waals surface area contributed by atoms with Crippen LogP contribution in [0.25, 0.3) is 0 Å². The van der Waals surface area contributed by atoms with Gasteiger partial charge in [0, 0.05) is 13.1 Å². The van der Waals surface area contributed by atoms with Crippen LogP contribution >= 0.6 is 0 Å². The van der Waals surface area contributed by atoms with Gasteiger partial charge >= 0.3 is 0 Å². The van der Waals surface area contributed by atoms with Gasteiger partial charge in [-0.3, -0.25) is 0 Å². The number of hydrogen-bond acceptors (Lipinski definition) is 3. The van der Waals surface area contributed by atoms with Crippen LogP contribution in [0.1, 0.15) is 5.56 Å². The van der Waals surface area contributed by atoms with E-state index in [2.05, 4.69) is 4.99 Å². The lowest BCUT2D eigenvalue weighted by atomic mass is 10.2. The summed E-state index contributed by atoms with van der Waals surface area (Å²) in [5.41, 5.74) is 7.04. The molecule has 0 atom stereocenters. The predicted octanol–water partition coefficient (Wildman–Crippen LogP) is 0.842. The molecule has 2 rings (SSSR count). The van der Waals surface area contributed by atoms with Gasteiger partial charge in [0.25, 0.3) is 0 Å². The van der Waals surface area contributed by atoms with Crippen LogP contribution in [0.3, 0.4) is 0 Å². The molecule has 1 aromatic carbocycles. The van der Waals surface area contributed by atoms with Crippen molar-refractivity contribution in [2.45, 2.75) is 6.54 Å². The number of guanidine groups is 1. The summed E-state index contributed by atoms with van der Waals surface area (Å²) < 4.78 is 10.4. The molecule has 0 aromatic heterocycles.